The molecule has 0 radical (unpaired) electrons. The maximum absolute atomic E-state index is 8.49. The molecule has 0 amide bonds. The second-order valence-corrected chi connectivity index (χ2v) is 45.4. The molecule has 0 saturated carbocycles. The molecule has 100 heavy (non-hydrogen) atoms. The van der Waals surface area contributed by atoms with Gasteiger partial charge in [0.25, 0.3) is 0 Å². The largest absolute Gasteiger partial charge is 0.421 e. The van der Waals surface area contributed by atoms with Crippen LogP contribution in [0.1, 0.15) is 244 Å². The number of ether oxygens (including phenoxy) is 6. The van der Waals surface area contributed by atoms with Crippen LogP contribution in [0.25, 0.3) is 0 Å². The van der Waals surface area contributed by atoms with Gasteiger partial charge in [-0.1, -0.05) is 154 Å². The van der Waals surface area contributed by atoms with E-state index >= 15 is 0 Å². The van der Waals surface area contributed by atoms with Gasteiger partial charge >= 0.3 is 0 Å². The van der Waals surface area contributed by atoms with Crippen LogP contribution in [0.15, 0.2) is 0 Å². The molecular weight excluding hydrogens is 1350 g/mol. The van der Waals surface area contributed by atoms with Crippen LogP contribution < -0.4 is 0 Å². The van der Waals surface area contributed by atoms with Crippen molar-refractivity contribution >= 4 is 33.3 Å². The molecule has 0 saturated heterocycles. The zero-order valence-electron chi connectivity index (χ0n) is 71.3. The zero-order valence-corrected chi connectivity index (χ0v) is 75.3. The maximum atomic E-state index is 8.49. The van der Waals surface area contributed by atoms with Gasteiger partial charge in [0.05, 0.1) is 0 Å². The van der Waals surface area contributed by atoms with E-state index in [9.17, 15) is 0 Å². The van der Waals surface area contributed by atoms with E-state index in [4.69, 9.17) is 97.2 Å². The predicted octanol–water partition coefficient (Wildman–Crippen LogP) is 16.6. The van der Waals surface area contributed by atoms with Gasteiger partial charge in [0, 0.05) is 178 Å². The molecule has 0 aliphatic carbocycles. The highest BCUT2D eigenvalue weighted by molar-refractivity contribution is 6.70. The van der Waals surface area contributed by atoms with E-state index in [0.717, 1.165) is 166 Å². The summed E-state index contributed by atoms with van der Waals surface area (Å²) >= 11 is 0. The van der Waals surface area contributed by atoms with E-state index in [2.05, 4.69) is 78.6 Å². The highest BCUT2D eigenvalue weighted by Gasteiger charge is 2.15. The summed E-state index contributed by atoms with van der Waals surface area (Å²) in [5.74, 6) is 0. The van der Waals surface area contributed by atoms with Gasteiger partial charge in [-0.15, -0.1) is 0 Å². The predicted molar refractivity (Wildman–Crippen MR) is 441 cm³/mol. The van der Waals surface area contributed by atoms with Gasteiger partial charge in [0.1, 0.15) is 0 Å². The molecule has 0 fully saturated rings. The topological polar surface area (TPSA) is 295 Å². The molecule has 0 aromatic carbocycles. The first kappa shape index (κ1) is 130. The molecule has 0 heterocycles. The van der Waals surface area contributed by atoms with Gasteiger partial charge in [-0.3, -0.25) is 0 Å². The molecular formula is C76H186O20Si4. The minimum Gasteiger partial charge on any atom is -0.421 e. The van der Waals surface area contributed by atoms with E-state index in [1.165, 1.54) is 173 Å². The molecule has 0 aliphatic rings. The highest BCUT2D eigenvalue weighted by Crippen LogP contribution is 2.12. The highest BCUT2D eigenvalue weighted by atomic mass is 28.4. The molecule has 0 unspecified atom stereocenters. The van der Waals surface area contributed by atoms with Crippen molar-refractivity contribution in [2.45, 2.75) is 323 Å². The third kappa shape index (κ3) is 212. The minimum atomic E-state index is -1.26. The summed E-state index contributed by atoms with van der Waals surface area (Å²) in [5, 5.41) is 77.2. The Bertz CT molecular complexity index is 1060. The summed E-state index contributed by atoms with van der Waals surface area (Å²) in [6.07, 6.45) is 45.5. The van der Waals surface area contributed by atoms with Crippen LogP contribution in [0, 0.1) is 0 Å². The van der Waals surface area contributed by atoms with E-state index in [1.54, 1.807) is 49.8 Å². The second-order valence-electron chi connectivity index (χ2n) is 27.2. The molecule has 0 aromatic heterocycles. The van der Waals surface area contributed by atoms with Crippen LogP contribution in [-0.2, 0) is 46.1 Å². The van der Waals surface area contributed by atoms with Crippen molar-refractivity contribution in [1.29, 1.82) is 0 Å². The molecule has 0 aromatic rings. The van der Waals surface area contributed by atoms with Gasteiger partial charge in [-0.25, -0.2) is 0 Å². The molecule has 24 heteroatoms. The lowest BCUT2D eigenvalue weighted by Gasteiger charge is -2.16. The van der Waals surface area contributed by atoms with Gasteiger partial charge in [0.2, 0.25) is 0 Å². The number of aliphatic hydroxyl groups is 10. The SMILES string of the molecule is CO.CO.CO.CO.CO.COCCCCCCCCO.COCCCCCCCCO[Si](C)(C)C.COCCCCCCCO.COCCCCCCCO.COCCCCCCCO[Si](C)(C)C.COCCCCCCCO[Si](C)(C)C.CO[Si](C)(C)C.OCCCCCCCCO. The summed E-state index contributed by atoms with van der Waals surface area (Å²) in [6, 6.07) is 0. The van der Waals surface area contributed by atoms with E-state index in [0.29, 0.717) is 33.0 Å². The van der Waals surface area contributed by atoms with Gasteiger partial charge < -0.3 is 97.2 Å². The average molecular weight is 1530 g/mol. The van der Waals surface area contributed by atoms with Crippen molar-refractivity contribution < 1.29 is 97.2 Å². The smallest absolute Gasteiger partial charge is 0.183 e. The van der Waals surface area contributed by atoms with Crippen molar-refractivity contribution in [1.82, 2.24) is 0 Å². The first-order chi connectivity index (χ1) is 47.9. The third-order valence-electron chi connectivity index (χ3n) is 13.3. The van der Waals surface area contributed by atoms with Crippen molar-refractivity contribution in [3.63, 3.8) is 0 Å². The monoisotopic (exact) mass is 1530 g/mol. The Hall–Kier alpha value is 0.0675. The quantitative estimate of drug-likeness (QED) is 0.0200. The average Bonchev–Trinajstić information content (AvgIpc) is 1.73. The normalized spacial score (nSPS) is 10.4. The molecule has 0 spiro atoms. The lowest BCUT2D eigenvalue weighted by molar-refractivity contribution is 0.191. The summed E-state index contributed by atoms with van der Waals surface area (Å²) in [5.41, 5.74) is 0. The Kier molecular flexibility index (Phi) is 167. The number of methoxy groups -OCH3 is 6. The van der Waals surface area contributed by atoms with Gasteiger partial charge in [0.15, 0.2) is 33.3 Å². The van der Waals surface area contributed by atoms with Gasteiger partial charge in [-0.05, 0) is 168 Å². The molecule has 626 valence electrons. The summed E-state index contributed by atoms with van der Waals surface area (Å²) in [7, 11) is 12.4. The lowest BCUT2D eigenvalue weighted by atomic mass is 10.1. The molecule has 10 N–H and O–H groups in total. The van der Waals surface area contributed by atoms with Crippen LogP contribution in [-0.4, -0.2) is 262 Å². The molecule has 0 aliphatic heterocycles. The molecule has 0 bridgehead atoms. The Labute approximate surface area is 627 Å². The van der Waals surface area contributed by atoms with Crippen molar-refractivity contribution in [3.8, 4) is 0 Å². The maximum Gasteiger partial charge on any atom is 0.183 e. The fourth-order valence-electron chi connectivity index (χ4n) is 7.72. The zero-order chi connectivity index (χ0) is 79.8. The van der Waals surface area contributed by atoms with Crippen LogP contribution >= 0.6 is 0 Å². The number of hydrogen-bond acceptors (Lipinski definition) is 20. The fourth-order valence-corrected chi connectivity index (χ4v) is 9.99. The van der Waals surface area contributed by atoms with Crippen LogP contribution in [0.2, 0.25) is 78.6 Å². The van der Waals surface area contributed by atoms with Crippen molar-refractivity contribution in [2.24, 2.45) is 0 Å². The number of unbranched alkanes of at least 4 members (excludes halogenated alkanes) is 31. The number of hydrogen-bond donors (Lipinski definition) is 10. The lowest BCUT2D eigenvalue weighted by Crippen LogP contribution is -2.25. The van der Waals surface area contributed by atoms with E-state index in [-0.39, 0.29) is 0 Å². The Balaban J connectivity index is -0.0000000778. The molecule has 0 rings (SSSR count). The second kappa shape index (κ2) is 129. The number of rotatable bonds is 58. The van der Waals surface area contributed by atoms with Crippen LogP contribution in [0.5, 0.6) is 0 Å². The Morgan fingerprint density at radius 3 is 0.350 bits per heavy atom. The fraction of sp³-hybridized carbons (Fsp3) is 1.00. The Morgan fingerprint density at radius 2 is 0.260 bits per heavy atom. The Morgan fingerprint density at radius 1 is 0.160 bits per heavy atom. The van der Waals surface area contributed by atoms with Crippen molar-refractivity contribution in [2.75, 3.05) is 178 Å². The third-order valence-corrected chi connectivity index (χ3v) is 17.7. The first-order valence-electron chi connectivity index (χ1n) is 38.6. The van der Waals surface area contributed by atoms with Crippen LogP contribution in [0.3, 0.4) is 0 Å². The standard InChI is InChI=1S/C12H28O2Si.2C11H26O2Si.C9H20O2.3C8H18O2.C4H12OSi.5CH4O/c1-13-11-9-7-5-6-8-10-12-14-15(2,3)4;2*1-12-10-8-6-5-7-9-11-13-14(2,3)4;1-11-9-7-5-3-2-4-6-8-10;2*1-10-8-6-4-2-3-5-7-9;9-7-5-3-1-2-4-6-8-10;1-5-6(2,3)4;5*1-2/h5-12H2,1-4H3;2*5-11H2,1-4H3;10H,2-9H2,1H3;2*9H,2-8H2,1H3;9-10H,1-8H2;1-4H3;5*2H,1H3. The molecule has 20 nitrogen and oxygen atoms in total. The number of aliphatic hydroxyl groups excluding tert-OH is 10. The van der Waals surface area contributed by atoms with Crippen LogP contribution in [0.4, 0.5) is 0 Å². The van der Waals surface area contributed by atoms with Gasteiger partial charge in [-0.2, -0.15) is 0 Å². The van der Waals surface area contributed by atoms with E-state index in [1.807, 2.05) is 0 Å². The van der Waals surface area contributed by atoms with E-state index < -0.39 is 33.3 Å². The molecule has 0 atom stereocenters. The summed E-state index contributed by atoms with van der Waals surface area (Å²) < 4.78 is 52.1. The summed E-state index contributed by atoms with van der Waals surface area (Å²) in [6.45, 7) is 36.6. The van der Waals surface area contributed by atoms with Crippen molar-refractivity contribution in [3.05, 3.63) is 0 Å². The summed E-state index contributed by atoms with van der Waals surface area (Å²) in [4.78, 5) is 0. The minimum absolute atomic E-state index is 0.319. The first-order valence-corrected chi connectivity index (χ1v) is 52.2.